The minimum absolute atomic E-state index is 0.0550. The molecule has 10 heteroatoms. The van der Waals surface area contributed by atoms with Gasteiger partial charge in [-0.15, -0.1) is 0 Å². The van der Waals surface area contributed by atoms with Crippen molar-refractivity contribution in [1.82, 2.24) is 10.7 Å². The van der Waals surface area contributed by atoms with E-state index in [0.717, 1.165) is 38.0 Å². The van der Waals surface area contributed by atoms with E-state index < -0.39 is 22.8 Å². The lowest BCUT2D eigenvalue weighted by Crippen LogP contribution is -2.48. The summed E-state index contributed by atoms with van der Waals surface area (Å²) in [7, 11) is 0. The molecule has 2 amide bonds. The molecule has 1 unspecified atom stereocenters. The van der Waals surface area contributed by atoms with Crippen molar-refractivity contribution in [2.45, 2.75) is 39.2 Å². The molecule has 1 aliphatic heterocycles. The van der Waals surface area contributed by atoms with Gasteiger partial charge in [-0.3, -0.25) is 19.7 Å². The van der Waals surface area contributed by atoms with Gasteiger partial charge in [-0.2, -0.15) is 5.10 Å². The number of hydrogen-bond acceptors (Lipinski definition) is 6. The minimum Gasteiger partial charge on any atom is -0.371 e. The second-order valence-electron chi connectivity index (χ2n) is 8.46. The first-order valence-corrected chi connectivity index (χ1v) is 11.6. The second-order valence-corrected chi connectivity index (χ2v) is 8.86. The summed E-state index contributed by atoms with van der Waals surface area (Å²) in [6, 6.07) is 10.4. The molecule has 2 aromatic rings. The van der Waals surface area contributed by atoms with Gasteiger partial charge in [0.2, 0.25) is 0 Å². The maximum absolute atomic E-state index is 12.8. The zero-order valence-electron chi connectivity index (χ0n) is 19.2. The van der Waals surface area contributed by atoms with E-state index >= 15 is 0 Å². The quantitative estimate of drug-likeness (QED) is 0.331. The molecule has 2 N–H and O–H groups in total. The molecule has 1 fully saturated rings. The molecule has 34 heavy (non-hydrogen) atoms. The summed E-state index contributed by atoms with van der Waals surface area (Å²) in [5.74, 6) is -1.19. The molecule has 9 nitrogen and oxygen atoms in total. The van der Waals surface area contributed by atoms with Gasteiger partial charge in [-0.05, 0) is 43.4 Å². The van der Waals surface area contributed by atoms with Gasteiger partial charge in [0.1, 0.15) is 6.04 Å². The maximum Gasteiger partial charge on any atom is 0.270 e. The van der Waals surface area contributed by atoms with Gasteiger partial charge >= 0.3 is 0 Å². The van der Waals surface area contributed by atoms with Crippen molar-refractivity contribution in [2.24, 2.45) is 11.0 Å². The van der Waals surface area contributed by atoms with E-state index in [4.69, 9.17) is 11.6 Å². The number of nitrogens with one attached hydrogen (secondary N) is 2. The van der Waals surface area contributed by atoms with E-state index in [9.17, 15) is 19.7 Å². The third-order valence-electron chi connectivity index (χ3n) is 5.65. The van der Waals surface area contributed by atoms with E-state index in [1.807, 2.05) is 0 Å². The van der Waals surface area contributed by atoms with E-state index in [-0.39, 0.29) is 22.2 Å². The Labute approximate surface area is 203 Å². The fourth-order valence-corrected chi connectivity index (χ4v) is 4.04. The zero-order valence-corrected chi connectivity index (χ0v) is 19.9. The van der Waals surface area contributed by atoms with Crippen molar-refractivity contribution >= 4 is 41.0 Å². The molecular formula is C24H28ClN5O4. The van der Waals surface area contributed by atoms with E-state index in [0.29, 0.717) is 5.56 Å². The monoisotopic (exact) mass is 485 g/mol. The van der Waals surface area contributed by atoms with E-state index in [1.54, 1.807) is 44.2 Å². The first-order valence-electron chi connectivity index (χ1n) is 11.2. The Hall–Kier alpha value is -3.46. The maximum atomic E-state index is 12.8. The van der Waals surface area contributed by atoms with Crippen LogP contribution in [-0.2, 0) is 4.79 Å². The summed E-state index contributed by atoms with van der Waals surface area (Å²) in [6.45, 7) is 5.31. The molecule has 0 aromatic heterocycles. The molecule has 1 heterocycles. The van der Waals surface area contributed by atoms with Crippen LogP contribution in [-0.4, -0.2) is 42.1 Å². The Kier molecular flexibility index (Phi) is 8.59. The second kappa shape index (κ2) is 11.6. The molecule has 0 saturated carbocycles. The third-order valence-corrected chi connectivity index (χ3v) is 5.98. The number of hydrazone groups is 1. The molecule has 1 aliphatic rings. The summed E-state index contributed by atoms with van der Waals surface area (Å²) < 4.78 is 0. The van der Waals surface area contributed by atoms with E-state index in [1.165, 1.54) is 18.3 Å². The van der Waals surface area contributed by atoms with Crippen LogP contribution in [0, 0.1) is 16.0 Å². The Balaban J connectivity index is 1.75. The van der Waals surface area contributed by atoms with Crippen molar-refractivity contribution in [3.05, 3.63) is 68.7 Å². The Morgan fingerprint density at radius 3 is 2.50 bits per heavy atom. The van der Waals surface area contributed by atoms with Gasteiger partial charge in [0.15, 0.2) is 0 Å². The van der Waals surface area contributed by atoms with Crippen molar-refractivity contribution in [1.29, 1.82) is 0 Å². The molecule has 2 aromatic carbocycles. The summed E-state index contributed by atoms with van der Waals surface area (Å²) in [5, 5.41) is 18.3. The Morgan fingerprint density at radius 2 is 1.85 bits per heavy atom. The van der Waals surface area contributed by atoms with E-state index in [2.05, 4.69) is 20.7 Å². The van der Waals surface area contributed by atoms with Gasteiger partial charge < -0.3 is 10.2 Å². The highest BCUT2D eigenvalue weighted by atomic mass is 35.5. The van der Waals surface area contributed by atoms with Crippen LogP contribution in [0.1, 0.15) is 49.0 Å². The van der Waals surface area contributed by atoms with Gasteiger partial charge in [0.05, 0.1) is 21.7 Å². The van der Waals surface area contributed by atoms with Gasteiger partial charge in [0.25, 0.3) is 17.5 Å². The molecule has 180 valence electrons. The van der Waals surface area contributed by atoms with Crippen LogP contribution in [0.4, 0.5) is 11.4 Å². The lowest BCUT2D eigenvalue weighted by Gasteiger charge is -2.29. The average Bonchev–Trinajstić information content (AvgIpc) is 2.82. The normalized spacial score (nSPS) is 14.8. The Bertz CT molecular complexity index is 1080. The summed E-state index contributed by atoms with van der Waals surface area (Å²) in [4.78, 5) is 38.4. The number of carbonyl (C=O) groups is 2. The highest BCUT2D eigenvalue weighted by molar-refractivity contribution is 6.33. The number of piperidine rings is 1. The van der Waals surface area contributed by atoms with Crippen LogP contribution < -0.4 is 15.6 Å². The SMILES string of the molecule is CC(C)C(NC(=O)c1ccccc1Cl)C(=O)N/N=C/c1cc([N+](=O)[O-])ccc1N1CCCCC1. The van der Waals surface area contributed by atoms with Crippen LogP contribution in [0.25, 0.3) is 0 Å². The number of hydrogen-bond donors (Lipinski definition) is 2. The Morgan fingerprint density at radius 1 is 1.15 bits per heavy atom. The lowest BCUT2D eigenvalue weighted by molar-refractivity contribution is -0.384. The molecule has 0 aliphatic carbocycles. The van der Waals surface area contributed by atoms with Crippen molar-refractivity contribution in [2.75, 3.05) is 18.0 Å². The van der Waals surface area contributed by atoms with Crippen LogP contribution in [0.5, 0.6) is 0 Å². The minimum atomic E-state index is -0.854. The molecule has 0 spiro atoms. The number of nitrogens with zero attached hydrogens (tertiary/aromatic N) is 3. The molecular weight excluding hydrogens is 458 g/mol. The van der Waals surface area contributed by atoms with Crippen LogP contribution in [0.3, 0.4) is 0 Å². The van der Waals surface area contributed by atoms with Gasteiger partial charge in [0, 0.05) is 36.5 Å². The first kappa shape index (κ1) is 25.2. The van der Waals surface area contributed by atoms with Crippen LogP contribution in [0.15, 0.2) is 47.6 Å². The van der Waals surface area contributed by atoms with Gasteiger partial charge in [-0.25, -0.2) is 5.43 Å². The fraction of sp³-hybridized carbons (Fsp3) is 0.375. The summed E-state index contributed by atoms with van der Waals surface area (Å²) in [6.07, 6.45) is 4.65. The van der Waals surface area contributed by atoms with Gasteiger partial charge in [-0.1, -0.05) is 37.6 Å². The molecule has 0 bridgehead atoms. The average molecular weight is 486 g/mol. The lowest BCUT2D eigenvalue weighted by atomic mass is 10.0. The number of benzene rings is 2. The fourth-order valence-electron chi connectivity index (χ4n) is 3.82. The number of non-ortho nitro benzene ring substituents is 1. The standard InChI is InChI=1S/C24H28ClN5O4/c1-16(2)22(27-23(31)19-8-4-5-9-20(19)25)24(32)28-26-15-17-14-18(30(33)34)10-11-21(17)29-12-6-3-7-13-29/h4-5,8-11,14-16,22H,3,6-7,12-13H2,1-2H3,(H,27,31)(H,28,32)/b26-15+. The van der Waals surface area contributed by atoms with Crippen molar-refractivity contribution < 1.29 is 14.5 Å². The number of amides is 2. The zero-order chi connectivity index (χ0) is 24.7. The highest BCUT2D eigenvalue weighted by Crippen LogP contribution is 2.27. The van der Waals surface area contributed by atoms with Crippen molar-refractivity contribution in [3.8, 4) is 0 Å². The highest BCUT2D eigenvalue weighted by Gasteiger charge is 2.25. The first-order chi connectivity index (χ1) is 16.3. The number of carbonyl (C=O) groups excluding carboxylic acids is 2. The molecule has 0 radical (unpaired) electrons. The smallest absolute Gasteiger partial charge is 0.270 e. The summed E-state index contributed by atoms with van der Waals surface area (Å²) in [5.41, 5.74) is 4.04. The van der Waals surface area contributed by atoms with Crippen molar-refractivity contribution in [3.63, 3.8) is 0 Å². The number of rotatable bonds is 8. The van der Waals surface area contributed by atoms with Crippen LogP contribution >= 0.6 is 11.6 Å². The molecule has 1 atom stereocenters. The number of anilines is 1. The predicted molar refractivity (Wildman–Crippen MR) is 132 cm³/mol. The molecule has 1 saturated heterocycles. The number of nitro benzene ring substituents is 1. The van der Waals surface area contributed by atoms with Crippen LogP contribution in [0.2, 0.25) is 5.02 Å². The third kappa shape index (κ3) is 6.32. The topological polar surface area (TPSA) is 117 Å². The molecule has 3 rings (SSSR count). The number of halogens is 1. The number of nitro groups is 1. The summed E-state index contributed by atoms with van der Waals surface area (Å²) >= 11 is 6.09. The largest absolute Gasteiger partial charge is 0.371 e. The predicted octanol–water partition coefficient (Wildman–Crippen LogP) is 4.14.